The van der Waals surface area contributed by atoms with E-state index in [-0.39, 0.29) is 19.0 Å². The molecule has 33 heavy (non-hydrogen) atoms. The molecule has 0 radical (unpaired) electrons. The molecule has 174 valence electrons. The first-order valence-electron chi connectivity index (χ1n) is 11.2. The van der Waals surface area contributed by atoms with Crippen molar-refractivity contribution in [3.63, 3.8) is 0 Å². The third kappa shape index (κ3) is 6.76. The van der Waals surface area contributed by atoms with Crippen molar-refractivity contribution in [3.8, 4) is 0 Å². The van der Waals surface area contributed by atoms with E-state index in [1.54, 1.807) is 0 Å². The summed E-state index contributed by atoms with van der Waals surface area (Å²) >= 11 is 0. The van der Waals surface area contributed by atoms with Gasteiger partial charge in [0.05, 0.1) is 11.4 Å². The molecule has 0 saturated heterocycles. The summed E-state index contributed by atoms with van der Waals surface area (Å²) in [5, 5.41) is 2.88. The van der Waals surface area contributed by atoms with Crippen LogP contribution in [0, 0.1) is 20.8 Å². The Balaban J connectivity index is 1.77. The molecule has 0 fully saturated rings. The maximum Gasteiger partial charge on any atom is 0.244 e. The number of benzene rings is 3. The summed E-state index contributed by atoms with van der Waals surface area (Å²) in [4.78, 5) is 13.0. The molecule has 0 aliphatic carbocycles. The van der Waals surface area contributed by atoms with Crippen LogP contribution in [-0.4, -0.2) is 38.3 Å². The highest BCUT2D eigenvalue weighted by molar-refractivity contribution is 7.89. The number of hydrogen-bond acceptors (Lipinski definition) is 3. The van der Waals surface area contributed by atoms with E-state index in [2.05, 4.69) is 5.32 Å². The highest BCUT2D eigenvalue weighted by atomic mass is 32.2. The molecular weight excluding hydrogens is 432 g/mol. The van der Waals surface area contributed by atoms with Crippen molar-refractivity contribution in [3.05, 3.63) is 101 Å². The molecule has 3 aromatic rings. The van der Waals surface area contributed by atoms with Gasteiger partial charge in [0, 0.05) is 13.1 Å². The second kappa shape index (κ2) is 11.3. The fourth-order valence-corrected chi connectivity index (χ4v) is 5.90. The quantitative estimate of drug-likeness (QED) is 0.489. The van der Waals surface area contributed by atoms with E-state index in [4.69, 9.17) is 0 Å². The first kappa shape index (κ1) is 24.7. The Morgan fingerprint density at radius 1 is 0.818 bits per heavy atom. The van der Waals surface area contributed by atoms with Gasteiger partial charge < -0.3 is 5.32 Å². The Morgan fingerprint density at radius 2 is 1.33 bits per heavy atom. The molecule has 5 nitrogen and oxygen atoms in total. The number of nitrogens with zero attached hydrogens (tertiary/aromatic N) is 1. The second-order valence-corrected chi connectivity index (χ2v) is 10.3. The van der Waals surface area contributed by atoms with Crippen molar-refractivity contribution in [1.29, 1.82) is 0 Å². The topological polar surface area (TPSA) is 66.5 Å². The van der Waals surface area contributed by atoms with Crippen LogP contribution in [0.2, 0.25) is 0 Å². The zero-order valence-electron chi connectivity index (χ0n) is 19.5. The number of sulfonamides is 1. The fraction of sp³-hybridized carbons (Fsp3) is 0.296. The molecule has 0 aliphatic heterocycles. The second-order valence-electron chi connectivity index (χ2n) is 8.39. The molecule has 6 heteroatoms. The Labute approximate surface area is 197 Å². The van der Waals surface area contributed by atoms with Gasteiger partial charge in [0.25, 0.3) is 0 Å². The van der Waals surface area contributed by atoms with Gasteiger partial charge in [-0.1, -0.05) is 78.4 Å². The highest BCUT2D eigenvalue weighted by Gasteiger charge is 2.29. The molecule has 0 spiro atoms. The lowest BCUT2D eigenvalue weighted by molar-refractivity contribution is -0.121. The Bertz CT molecular complexity index is 1150. The van der Waals surface area contributed by atoms with Gasteiger partial charge in [0.1, 0.15) is 0 Å². The van der Waals surface area contributed by atoms with Crippen LogP contribution < -0.4 is 5.32 Å². The van der Waals surface area contributed by atoms with E-state index < -0.39 is 10.0 Å². The maximum atomic E-state index is 13.7. The minimum Gasteiger partial charge on any atom is -0.355 e. The average molecular weight is 465 g/mol. The molecule has 0 aromatic heterocycles. The van der Waals surface area contributed by atoms with E-state index >= 15 is 0 Å². The summed E-state index contributed by atoms with van der Waals surface area (Å²) in [7, 11) is -3.85. The molecule has 0 atom stereocenters. The van der Waals surface area contributed by atoms with E-state index in [0.717, 1.165) is 16.7 Å². The van der Waals surface area contributed by atoms with Crippen LogP contribution in [0.3, 0.4) is 0 Å². The van der Waals surface area contributed by atoms with Gasteiger partial charge >= 0.3 is 0 Å². The van der Waals surface area contributed by atoms with Crippen molar-refractivity contribution in [2.75, 3.05) is 19.6 Å². The molecule has 0 aliphatic rings. The highest BCUT2D eigenvalue weighted by Crippen LogP contribution is 2.25. The van der Waals surface area contributed by atoms with Gasteiger partial charge in [-0.3, -0.25) is 4.79 Å². The van der Waals surface area contributed by atoms with E-state index in [9.17, 15) is 13.2 Å². The maximum absolute atomic E-state index is 13.7. The number of aryl methyl sites for hydroxylation is 3. The van der Waals surface area contributed by atoms with Gasteiger partial charge in [0.15, 0.2) is 0 Å². The molecule has 1 amide bonds. The lowest BCUT2D eigenvalue weighted by atomic mass is 10.1. The van der Waals surface area contributed by atoms with Gasteiger partial charge in [-0.05, 0) is 55.9 Å². The zero-order chi connectivity index (χ0) is 23.8. The fourth-order valence-electron chi connectivity index (χ4n) is 4.09. The molecule has 0 unspecified atom stereocenters. The van der Waals surface area contributed by atoms with Crippen LogP contribution in [0.25, 0.3) is 0 Å². The lowest BCUT2D eigenvalue weighted by Crippen LogP contribution is -2.42. The van der Waals surface area contributed by atoms with Gasteiger partial charge in [-0.2, -0.15) is 4.31 Å². The summed E-state index contributed by atoms with van der Waals surface area (Å²) in [6.07, 6.45) is 1.22. The Kier molecular flexibility index (Phi) is 8.42. The van der Waals surface area contributed by atoms with Crippen molar-refractivity contribution >= 4 is 15.9 Å². The molecule has 3 aromatic carbocycles. The van der Waals surface area contributed by atoms with Crippen LogP contribution in [-0.2, 0) is 27.7 Å². The van der Waals surface area contributed by atoms with E-state index in [1.165, 1.54) is 4.31 Å². The average Bonchev–Trinajstić information content (AvgIpc) is 2.77. The summed E-state index contributed by atoms with van der Waals surface area (Å²) < 4.78 is 28.7. The third-order valence-corrected chi connectivity index (χ3v) is 7.75. The Morgan fingerprint density at radius 3 is 1.88 bits per heavy atom. The van der Waals surface area contributed by atoms with Crippen molar-refractivity contribution < 1.29 is 13.2 Å². The monoisotopic (exact) mass is 464 g/mol. The SMILES string of the molecule is Cc1cc(C)c(S(=O)(=O)N(CCc2ccccc2)CC(=O)NCCc2ccccc2)c(C)c1. The van der Waals surface area contributed by atoms with Crippen molar-refractivity contribution in [2.45, 2.75) is 38.5 Å². The smallest absolute Gasteiger partial charge is 0.244 e. The number of rotatable bonds is 10. The van der Waals surface area contributed by atoms with Gasteiger partial charge in [-0.15, -0.1) is 0 Å². The normalized spacial score (nSPS) is 11.5. The molecule has 0 saturated carbocycles. The Hall–Kier alpha value is -2.96. The summed E-state index contributed by atoms with van der Waals surface area (Å²) in [6, 6.07) is 23.3. The number of nitrogens with one attached hydrogen (secondary N) is 1. The van der Waals surface area contributed by atoms with Crippen LogP contribution in [0.15, 0.2) is 77.7 Å². The van der Waals surface area contributed by atoms with Crippen LogP contribution in [0.5, 0.6) is 0 Å². The van der Waals surface area contributed by atoms with Crippen LogP contribution in [0.1, 0.15) is 27.8 Å². The van der Waals surface area contributed by atoms with Crippen LogP contribution >= 0.6 is 0 Å². The summed E-state index contributed by atoms with van der Waals surface area (Å²) in [6.45, 7) is 6.04. The number of carbonyl (C=O) groups is 1. The largest absolute Gasteiger partial charge is 0.355 e. The molecule has 3 rings (SSSR count). The predicted molar refractivity (Wildman–Crippen MR) is 133 cm³/mol. The first-order valence-corrected chi connectivity index (χ1v) is 12.6. The number of hydrogen-bond donors (Lipinski definition) is 1. The lowest BCUT2D eigenvalue weighted by Gasteiger charge is -2.24. The molecule has 1 N–H and O–H groups in total. The minimum atomic E-state index is -3.85. The van der Waals surface area contributed by atoms with Gasteiger partial charge in [0.2, 0.25) is 15.9 Å². The first-order chi connectivity index (χ1) is 15.8. The third-order valence-electron chi connectivity index (χ3n) is 5.59. The van der Waals surface area contributed by atoms with Crippen molar-refractivity contribution in [2.24, 2.45) is 0 Å². The molecule has 0 bridgehead atoms. The zero-order valence-corrected chi connectivity index (χ0v) is 20.4. The minimum absolute atomic E-state index is 0.212. The molecular formula is C27H32N2O3S. The van der Waals surface area contributed by atoms with Crippen molar-refractivity contribution in [1.82, 2.24) is 9.62 Å². The summed E-state index contributed by atoms with van der Waals surface area (Å²) in [5.41, 5.74) is 4.55. The summed E-state index contributed by atoms with van der Waals surface area (Å²) in [5.74, 6) is -0.301. The van der Waals surface area contributed by atoms with Gasteiger partial charge in [-0.25, -0.2) is 8.42 Å². The molecule has 0 heterocycles. The number of amides is 1. The van der Waals surface area contributed by atoms with Crippen LogP contribution in [0.4, 0.5) is 0 Å². The number of carbonyl (C=O) groups excluding carboxylic acids is 1. The predicted octanol–water partition coefficient (Wildman–Crippen LogP) is 4.20. The standard InChI is InChI=1S/C27H32N2O3S/c1-21-18-22(2)27(23(3)19-21)33(31,32)29(17-15-25-12-8-5-9-13-25)20-26(30)28-16-14-24-10-6-4-7-11-24/h4-13,18-19H,14-17,20H2,1-3H3,(H,28,30). The van der Waals surface area contributed by atoms with E-state index in [1.807, 2.05) is 93.6 Å². The van der Waals surface area contributed by atoms with E-state index in [0.29, 0.717) is 35.4 Å².